The third-order valence-corrected chi connectivity index (χ3v) is 3.03. The van der Waals surface area contributed by atoms with Gasteiger partial charge in [-0.05, 0) is 31.7 Å². The molecule has 1 aliphatic carbocycles. The summed E-state index contributed by atoms with van der Waals surface area (Å²) in [5, 5.41) is 12.0. The molecule has 0 atom stereocenters. The molecule has 0 bridgehead atoms. The van der Waals surface area contributed by atoms with E-state index >= 15 is 0 Å². The number of ether oxygens (including phenoxy) is 1. The molecule has 98 valence electrons. The van der Waals surface area contributed by atoms with Crippen molar-refractivity contribution in [3.05, 3.63) is 29.3 Å². The summed E-state index contributed by atoms with van der Waals surface area (Å²) < 4.78 is 5.43. The summed E-state index contributed by atoms with van der Waals surface area (Å²) in [6.45, 7) is 2.62. The van der Waals surface area contributed by atoms with Crippen LogP contribution in [0.25, 0.3) is 0 Å². The Balaban J connectivity index is 1.82. The van der Waals surface area contributed by atoms with E-state index in [1.165, 1.54) is 12.8 Å². The molecule has 4 heteroatoms. The Morgan fingerprint density at radius 1 is 1.50 bits per heavy atom. The molecule has 1 amide bonds. The van der Waals surface area contributed by atoms with E-state index in [2.05, 4.69) is 5.32 Å². The van der Waals surface area contributed by atoms with Gasteiger partial charge in [-0.1, -0.05) is 17.7 Å². The van der Waals surface area contributed by atoms with Gasteiger partial charge in [-0.25, -0.2) is 0 Å². The van der Waals surface area contributed by atoms with Crippen LogP contribution >= 0.6 is 0 Å². The standard InChI is InChI=1S/C14H19NO3/c1-10-2-5-13(12(6-10)8-16)18-9-14(17)15-7-11-3-4-11/h2,5-6,11,16H,3-4,7-9H2,1H3,(H,15,17). The molecule has 0 aromatic heterocycles. The molecule has 1 aliphatic rings. The molecule has 0 radical (unpaired) electrons. The Morgan fingerprint density at radius 3 is 2.94 bits per heavy atom. The van der Waals surface area contributed by atoms with Crippen molar-refractivity contribution >= 4 is 5.91 Å². The van der Waals surface area contributed by atoms with Crippen molar-refractivity contribution in [2.75, 3.05) is 13.2 Å². The lowest BCUT2D eigenvalue weighted by Gasteiger charge is -2.11. The van der Waals surface area contributed by atoms with E-state index in [9.17, 15) is 9.90 Å². The Kier molecular flexibility index (Phi) is 4.20. The van der Waals surface area contributed by atoms with Crippen LogP contribution in [0, 0.1) is 12.8 Å². The number of rotatable bonds is 6. The number of benzene rings is 1. The summed E-state index contributed by atoms with van der Waals surface area (Å²) >= 11 is 0. The zero-order chi connectivity index (χ0) is 13.0. The molecule has 0 spiro atoms. The van der Waals surface area contributed by atoms with Crippen molar-refractivity contribution in [2.24, 2.45) is 5.92 Å². The highest BCUT2D eigenvalue weighted by molar-refractivity contribution is 5.77. The largest absolute Gasteiger partial charge is 0.483 e. The summed E-state index contributed by atoms with van der Waals surface area (Å²) in [6.07, 6.45) is 2.43. The monoisotopic (exact) mass is 249 g/mol. The van der Waals surface area contributed by atoms with Crippen LogP contribution < -0.4 is 10.1 Å². The lowest BCUT2D eigenvalue weighted by Crippen LogP contribution is -2.30. The third-order valence-electron chi connectivity index (χ3n) is 3.03. The molecule has 0 unspecified atom stereocenters. The van der Waals surface area contributed by atoms with Crippen LogP contribution in [0.5, 0.6) is 5.75 Å². The summed E-state index contributed by atoms with van der Waals surface area (Å²) in [5.74, 6) is 1.14. The number of carbonyl (C=O) groups is 1. The zero-order valence-corrected chi connectivity index (χ0v) is 10.6. The maximum atomic E-state index is 11.5. The maximum absolute atomic E-state index is 11.5. The molecule has 4 nitrogen and oxygen atoms in total. The van der Waals surface area contributed by atoms with E-state index in [0.29, 0.717) is 17.2 Å². The SMILES string of the molecule is Cc1ccc(OCC(=O)NCC2CC2)c(CO)c1. The van der Waals surface area contributed by atoms with Crippen LogP contribution in [0.3, 0.4) is 0 Å². The zero-order valence-electron chi connectivity index (χ0n) is 10.6. The van der Waals surface area contributed by atoms with Crippen molar-refractivity contribution in [1.82, 2.24) is 5.32 Å². The minimum absolute atomic E-state index is 0.00276. The molecule has 1 aromatic carbocycles. The first-order valence-corrected chi connectivity index (χ1v) is 6.29. The topological polar surface area (TPSA) is 58.6 Å². The molecule has 18 heavy (non-hydrogen) atoms. The second-order valence-electron chi connectivity index (χ2n) is 4.81. The van der Waals surface area contributed by atoms with E-state index in [0.717, 1.165) is 12.1 Å². The van der Waals surface area contributed by atoms with Gasteiger partial charge in [-0.2, -0.15) is 0 Å². The van der Waals surface area contributed by atoms with E-state index in [1.807, 2.05) is 19.1 Å². The summed E-state index contributed by atoms with van der Waals surface area (Å²) in [5.41, 5.74) is 1.77. The van der Waals surface area contributed by atoms with Crippen LogP contribution in [-0.2, 0) is 11.4 Å². The average Bonchev–Trinajstić information content (AvgIpc) is 3.18. The smallest absolute Gasteiger partial charge is 0.257 e. The Morgan fingerprint density at radius 2 is 2.28 bits per heavy atom. The summed E-state index contributed by atoms with van der Waals surface area (Å²) in [7, 11) is 0. The summed E-state index contributed by atoms with van der Waals surface area (Å²) in [6, 6.07) is 5.54. The number of aliphatic hydroxyl groups excluding tert-OH is 1. The first-order chi connectivity index (χ1) is 8.69. The Hall–Kier alpha value is -1.55. The van der Waals surface area contributed by atoms with Gasteiger partial charge in [0, 0.05) is 12.1 Å². The van der Waals surface area contributed by atoms with Gasteiger partial charge in [0.25, 0.3) is 5.91 Å². The predicted octanol–water partition coefficient (Wildman–Crippen LogP) is 1.39. The maximum Gasteiger partial charge on any atom is 0.257 e. The van der Waals surface area contributed by atoms with Gasteiger partial charge >= 0.3 is 0 Å². The fraction of sp³-hybridized carbons (Fsp3) is 0.500. The fourth-order valence-electron chi connectivity index (χ4n) is 1.75. The molecule has 2 rings (SSSR count). The highest BCUT2D eigenvalue weighted by Crippen LogP contribution is 2.27. The molecular weight excluding hydrogens is 230 g/mol. The van der Waals surface area contributed by atoms with Crippen LogP contribution in [-0.4, -0.2) is 24.2 Å². The third kappa shape index (κ3) is 3.74. The van der Waals surface area contributed by atoms with Gasteiger partial charge in [0.05, 0.1) is 6.61 Å². The number of nitrogens with one attached hydrogen (secondary N) is 1. The number of aryl methyl sites for hydroxylation is 1. The van der Waals surface area contributed by atoms with E-state index in [4.69, 9.17) is 4.74 Å². The normalized spacial score (nSPS) is 14.3. The molecule has 0 heterocycles. The number of aliphatic hydroxyl groups is 1. The molecule has 1 fully saturated rings. The van der Waals surface area contributed by atoms with E-state index < -0.39 is 0 Å². The van der Waals surface area contributed by atoms with E-state index in [-0.39, 0.29) is 19.1 Å². The Labute approximate surface area is 107 Å². The van der Waals surface area contributed by atoms with Crippen molar-refractivity contribution < 1.29 is 14.6 Å². The van der Waals surface area contributed by atoms with Gasteiger partial charge in [0.2, 0.25) is 0 Å². The number of amides is 1. The van der Waals surface area contributed by atoms with Crippen LogP contribution in [0.2, 0.25) is 0 Å². The minimum atomic E-state index is -0.105. The minimum Gasteiger partial charge on any atom is -0.483 e. The van der Waals surface area contributed by atoms with Gasteiger partial charge in [-0.15, -0.1) is 0 Å². The van der Waals surface area contributed by atoms with Crippen LogP contribution in [0.15, 0.2) is 18.2 Å². The fourth-order valence-corrected chi connectivity index (χ4v) is 1.75. The average molecular weight is 249 g/mol. The first kappa shape index (κ1) is 12.9. The Bertz CT molecular complexity index is 427. The molecule has 0 saturated heterocycles. The molecule has 1 saturated carbocycles. The number of carbonyl (C=O) groups excluding carboxylic acids is 1. The van der Waals surface area contributed by atoms with Crippen LogP contribution in [0.4, 0.5) is 0 Å². The van der Waals surface area contributed by atoms with Gasteiger partial charge in [0.15, 0.2) is 6.61 Å². The second kappa shape index (κ2) is 5.87. The number of hydrogen-bond acceptors (Lipinski definition) is 3. The summed E-state index contributed by atoms with van der Waals surface area (Å²) in [4.78, 5) is 11.5. The first-order valence-electron chi connectivity index (χ1n) is 6.29. The van der Waals surface area contributed by atoms with Crippen molar-refractivity contribution in [2.45, 2.75) is 26.4 Å². The lowest BCUT2D eigenvalue weighted by molar-refractivity contribution is -0.123. The quantitative estimate of drug-likeness (QED) is 0.801. The molecule has 0 aliphatic heterocycles. The van der Waals surface area contributed by atoms with Gasteiger partial charge in [-0.3, -0.25) is 4.79 Å². The van der Waals surface area contributed by atoms with Crippen molar-refractivity contribution in [3.8, 4) is 5.75 Å². The van der Waals surface area contributed by atoms with Crippen LogP contribution in [0.1, 0.15) is 24.0 Å². The highest BCUT2D eigenvalue weighted by Gasteiger charge is 2.21. The van der Waals surface area contributed by atoms with Gasteiger partial charge < -0.3 is 15.2 Å². The van der Waals surface area contributed by atoms with Crippen molar-refractivity contribution in [1.29, 1.82) is 0 Å². The second-order valence-corrected chi connectivity index (χ2v) is 4.81. The van der Waals surface area contributed by atoms with E-state index in [1.54, 1.807) is 6.07 Å². The lowest BCUT2D eigenvalue weighted by atomic mass is 10.1. The highest BCUT2D eigenvalue weighted by atomic mass is 16.5. The molecular formula is C14H19NO3. The predicted molar refractivity (Wildman–Crippen MR) is 68.3 cm³/mol. The van der Waals surface area contributed by atoms with Gasteiger partial charge in [0.1, 0.15) is 5.75 Å². The van der Waals surface area contributed by atoms with Crippen molar-refractivity contribution in [3.63, 3.8) is 0 Å². The number of hydrogen-bond donors (Lipinski definition) is 2. The molecule has 2 N–H and O–H groups in total. The molecule has 1 aromatic rings.